The lowest BCUT2D eigenvalue weighted by Gasteiger charge is -2.38. The number of hydrogen-bond acceptors (Lipinski definition) is 6. The van der Waals surface area contributed by atoms with Gasteiger partial charge in [0.25, 0.3) is 0 Å². The fraction of sp³-hybridized carbons (Fsp3) is 0.333. The number of carbonyl (C=O) groups excluding carboxylic acids is 2. The summed E-state index contributed by atoms with van der Waals surface area (Å²) in [6, 6.07) is 19.5. The number of benzene rings is 2. The second-order valence-electron chi connectivity index (χ2n) is 9.20. The number of aromatic nitrogens is 2. The standard InChI is InChI=1S/C27H29F3N6O2/c28-27(29,30)18-32-22-10-4-6-19(14-22)7-5-11-25(37)36(17-26(38)35-15-21(31)16-35)24-13-12-23(33-34-24)20-8-2-1-3-9-20/h1-4,6,8-10,12-14,21,32H,5,7,11,15-18,31H2. The van der Waals surface area contributed by atoms with Crippen LogP contribution in [0.5, 0.6) is 0 Å². The van der Waals surface area contributed by atoms with E-state index >= 15 is 0 Å². The van der Waals surface area contributed by atoms with Crippen molar-refractivity contribution in [3.63, 3.8) is 0 Å². The molecule has 0 saturated carbocycles. The van der Waals surface area contributed by atoms with Gasteiger partial charge in [-0.3, -0.25) is 14.5 Å². The summed E-state index contributed by atoms with van der Waals surface area (Å²) in [7, 11) is 0. The maximum absolute atomic E-state index is 13.2. The van der Waals surface area contributed by atoms with Crippen LogP contribution in [0.1, 0.15) is 18.4 Å². The molecule has 0 radical (unpaired) electrons. The third-order valence-corrected chi connectivity index (χ3v) is 6.13. The van der Waals surface area contributed by atoms with Crippen molar-refractivity contribution in [2.45, 2.75) is 31.5 Å². The predicted octanol–water partition coefficient (Wildman–Crippen LogP) is 3.64. The van der Waals surface area contributed by atoms with Crippen LogP contribution >= 0.6 is 0 Å². The Balaban J connectivity index is 1.41. The van der Waals surface area contributed by atoms with Crippen LogP contribution in [0.25, 0.3) is 11.3 Å². The van der Waals surface area contributed by atoms with Crippen LogP contribution in [-0.2, 0) is 16.0 Å². The number of alkyl halides is 3. The zero-order valence-corrected chi connectivity index (χ0v) is 20.7. The molecule has 200 valence electrons. The van der Waals surface area contributed by atoms with Crippen molar-refractivity contribution in [3.8, 4) is 11.3 Å². The maximum Gasteiger partial charge on any atom is 0.405 e. The highest BCUT2D eigenvalue weighted by atomic mass is 19.4. The number of halogens is 3. The molecule has 2 heterocycles. The van der Waals surface area contributed by atoms with Crippen LogP contribution in [-0.4, -0.2) is 65.3 Å². The van der Waals surface area contributed by atoms with Gasteiger partial charge in [-0.2, -0.15) is 13.2 Å². The fourth-order valence-corrected chi connectivity index (χ4v) is 4.10. The number of likely N-dealkylation sites (tertiary alicyclic amines) is 1. The zero-order chi connectivity index (χ0) is 27.1. The number of carbonyl (C=O) groups is 2. The van der Waals surface area contributed by atoms with Gasteiger partial charge in [0.05, 0.1) is 5.69 Å². The molecule has 0 spiro atoms. The number of nitrogens with two attached hydrogens (primary N) is 1. The number of anilines is 2. The molecule has 2 aromatic carbocycles. The molecule has 0 unspecified atom stereocenters. The van der Waals surface area contributed by atoms with E-state index in [1.165, 1.54) is 4.90 Å². The molecular formula is C27H29F3N6O2. The summed E-state index contributed by atoms with van der Waals surface area (Å²) in [5.41, 5.74) is 8.47. The van der Waals surface area contributed by atoms with Crippen molar-refractivity contribution in [2.75, 3.05) is 36.4 Å². The minimum Gasteiger partial charge on any atom is -0.376 e. The van der Waals surface area contributed by atoms with Crippen molar-refractivity contribution < 1.29 is 22.8 Å². The summed E-state index contributed by atoms with van der Waals surface area (Å²) >= 11 is 0. The van der Waals surface area contributed by atoms with Gasteiger partial charge in [-0.25, -0.2) is 0 Å². The number of aryl methyl sites for hydroxylation is 1. The molecule has 38 heavy (non-hydrogen) atoms. The second kappa shape index (κ2) is 12.0. The second-order valence-corrected chi connectivity index (χ2v) is 9.20. The Morgan fingerprint density at radius 3 is 2.45 bits per heavy atom. The van der Waals surface area contributed by atoms with Gasteiger partial charge >= 0.3 is 6.18 Å². The Kier molecular flexibility index (Phi) is 8.57. The Labute approximate surface area is 218 Å². The Morgan fingerprint density at radius 2 is 1.79 bits per heavy atom. The number of amides is 2. The smallest absolute Gasteiger partial charge is 0.376 e. The first kappa shape index (κ1) is 27.1. The van der Waals surface area contributed by atoms with E-state index in [4.69, 9.17) is 5.73 Å². The quantitative estimate of drug-likeness (QED) is 0.418. The third kappa shape index (κ3) is 7.51. The van der Waals surface area contributed by atoms with E-state index in [-0.39, 0.29) is 36.6 Å². The molecule has 2 amide bonds. The summed E-state index contributed by atoms with van der Waals surface area (Å²) in [5.74, 6) is -0.250. The minimum atomic E-state index is -4.31. The van der Waals surface area contributed by atoms with Gasteiger partial charge in [0.1, 0.15) is 13.1 Å². The van der Waals surface area contributed by atoms with Gasteiger partial charge < -0.3 is 16.0 Å². The van der Waals surface area contributed by atoms with Crippen molar-refractivity contribution in [1.29, 1.82) is 0 Å². The zero-order valence-electron chi connectivity index (χ0n) is 20.7. The highest BCUT2D eigenvalue weighted by Crippen LogP contribution is 2.21. The van der Waals surface area contributed by atoms with Crippen LogP contribution < -0.4 is 16.0 Å². The first-order valence-electron chi connectivity index (χ1n) is 12.3. The molecule has 1 aliphatic rings. The molecule has 1 aromatic heterocycles. The Bertz CT molecular complexity index is 1230. The summed E-state index contributed by atoms with van der Waals surface area (Å²) in [6.07, 6.45) is -3.27. The van der Waals surface area contributed by atoms with E-state index in [9.17, 15) is 22.8 Å². The molecule has 4 rings (SSSR count). The van der Waals surface area contributed by atoms with Gasteiger partial charge in [0.2, 0.25) is 11.8 Å². The molecule has 8 nitrogen and oxygen atoms in total. The number of rotatable bonds is 10. The van der Waals surface area contributed by atoms with Crippen LogP contribution in [0.15, 0.2) is 66.7 Å². The van der Waals surface area contributed by atoms with E-state index in [1.54, 1.807) is 41.3 Å². The fourth-order valence-electron chi connectivity index (χ4n) is 4.10. The molecule has 0 bridgehead atoms. The van der Waals surface area contributed by atoms with Gasteiger partial charge in [-0.15, -0.1) is 10.2 Å². The summed E-state index contributed by atoms with van der Waals surface area (Å²) < 4.78 is 37.5. The minimum absolute atomic E-state index is 0.0607. The van der Waals surface area contributed by atoms with E-state index in [0.717, 1.165) is 11.1 Å². The molecule has 11 heteroatoms. The topological polar surface area (TPSA) is 104 Å². The normalized spacial score (nSPS) is 13.6. The summed E-state index contributed by atoms with van der Waals surface area (Å²) in [6.45, 7) is -0.415. The summed E-state index contributed by atoms with van der Waals surface area (Å²) in [5, 5.41) is 10.8. The van der Waals surface area contributed by atoms with Crippen LogP contribution in [0.3, 0.4) is 0 Å². The number of nitrogens with one attached hydrogen (secondary N) is 1. The van der Waals surface area contributed by atoms with Crippen LogP contribution in [0, 0.1) is 0 Å². The lowest BCUT2D eigenvalue weighted by atomic mass is 10.1. The first-order chi connectivity index (χ1) is 18.2. The summed E-state index contributed by atoms with van der Waals surface area (Å²) in [4.78, 5) is 28.9. The van der Waals surface area contributed by atoms with E-state index in [1.807, 2.05) is 30.3 Å². The molecule has 0 atom stereocenters. The van der Waals surface area contributed by atoms with Crippen LogP contribution in [0.2, 0.25) is 0 Å². The monoisotopic (exact) mass is 526 g/mol. The highest BCUT2D eigenvalue weighted by Gasteiger charge is 2.30. The van der Waals surface area contributed by atoms with Crippen molar-refractivity contribution in [2.24, 2.45) is 5.73 Å². The van der Waals surface area contributed by atoms with Crippen molar-refractivity contribution >= 4 is 23.3 Å². The molecule has 3 N–H and O–H groups in total. The van der Waals surface area contributed by atoms with Crippen molar-refractivity contribution in [3.05, 3.63) is 72.3 Å². The maximum atomic E-state index is 13.2. The molecule has 3 aromatic rings. The first-order valence-corrected chi connectivity index (χ1v) is 12.3. The molecule has 1 saturated heterocycles. The number of hydrogen-bond donors (Lipinski definition) is 2. The van der Waals surface area contributed by atoms with Gasteiger partial charge in [-0.1, -0.05) is 42.5 Å². The van der Waals surface area contributed by atoms with E-state index < -0.39 is 12.7 Å². The van der Waals surface area contributed by atoms with Gasteiger partial charge in [0.15, 0.2) is 5.82 Å². The molecule has 1 fully saturated rings. The van der Waals surface area contributed by atoms with Crippen LogP contribution in [0.4, 0.5) is 24.7 Å². The lowest BCUT2D eigenvalue weighted by molar-refractivity contribution is -0.135. The number of nitrogens with zero attached hydrogens (tertiary/aromatic N) is 4. The molecule has 0 aliphatic carbocycles. The molecular weight excluding hydrogens is 497 g/mol. The largest absolute Gasteiger partial charge is 0.405 e. The Hall–Kier alpha value is -3.99. The van der Waals surface area contributed by atoms with E-state index in [2.05, 4.69) is 15.5 Å². The average molecular weight is 527 g/mol. The van der Waals surface area contributed by atoms with E-state index in [0.29, 0.717) is 37.3 Å². The average Bonchev–Trinajstić information content (AvgIpc) is 2.89. The highest BCUT2D eigenvalue weighted by molar-refractivity contribution is 5.98. The predicted molar refractivity (Wildman–Crippen MR) is 138 cm³/mol. The molecule has 1 aliphatic heterocycles. The van der Waals surface area contributed by atoms with Gasteiger partial charge in [0, 0.05) is 36.8 Å². The third-order valence-electron chi connectivity index (χ3n) is 6.13. The SMILES string of the molecule is NC1CN(C(=O)CN(C(=O)CCCc2cccc(NCC(F)(F)F)c2)c2ccc(-c3ccccc3)nn2)C1. The lowest BCUT2D eigenvalue weighted by Crippen LogP contribution is -2.60. The van der Waals surface area contributed by atoms with Gasteiger partial charge in [-0.05, 0) is 42.7 Å². The Morgan fingerprint density at radius 1 is 1.03 bits per heavy atom. The van der Waals surface area contributed by atoms with Crippen molar-refractivity contribution in [1.82, 2.24) is 15.1 Å².